The monoisotopic (exact) mass is 285 g/mol. The summed E-state index contributed by atoms with van der Waals surface area (Å²) >= 11 is 0. The lowest BCUT2D eigenvalue weighted by Gasteiger charge is -2.33. The van der Waals surface area contributed by atoms with Crippen molar-refractivity contribution in [3.05, 3.63) is 36.5 Å². The fraction of sp³-hybridized carbons (Fsp3) is 0.471. The molecule has 1 fully saturated rings. The summed E-state index contributed by atoms with van der Waals surface area (Å²) in [5.74, 6) is 1.11. The van der Waals surface area contributed by atoms with Gasteiger partial charge < -0.3 is 15.4 Å². The molecule has 1 aromatic carbocycles. The zero-order valence-electron chi connectivity index (χ0n) is 12.4. The summed E-state index contributed by atoms with van der Waals surface area (Å²) in [4.78, 5) is 6.98. The normalized spacial score (nSPS) is 16.5. The minimum absolute atomic E-state index is 0.378. The number of nitrogens with two attached hydrogens (primary N) is 1. The van der Waals surface area contributed by atoms with Crippen LogP contribution in [0.15, 0.2) is 36.5 Å². The Hall–Kier alpha value is -1.65. The number of benzene rings is 1. The first-order valence-corrected chi connectivity index (χ1v) is 7.79. The Bertz CT molecular complexity index is 574. The van der Waals surface area contributed by atoms with Crippen molar-refractivity contribution in [1.82, 2.24) is 4.98 Å². The number of piperidine rings is 1. The van der Waals surface area contributed by atoms with Gasteiger partial charge in [0.15, 0.2) is 0 Å². The van der Waals surface area contributed by atoms with Crippen LogP contribution in [-0.4, -0.2) is 37.3 Å². The molecule has 4 nitrogen and oxygen atoms in total. The number of fused-ring (bicyclic) bond motifs is 1. The predicted molar refractivity (Wildman–Crippen MR) is 86.6 cm³/mol. The van der Waals surface area contributed by atoms with E-state index in [9.17, 15) is 0 Å². The molecule has 0 aliphatic carbocycles. The zero-order valence-corrected chi connectivity index (χ0v) is 12.4. The molecule has 0 amide bonds. The van der Waals surface area contributed by atoms with Gasteiger partial charge in [-0.05, 0) is 37.3 Å². The summed E-state index contributed by atoms with van der Waals surface area (Å²) in [5, 5.41) is 2.49. The van der Waals surface area contributed by atoms with E-state index in [1.807, 2.05) is 6.20 Å². The van der Waals surface area contributed by atoms with Gasteiger partial charge in [-0.1, -0.05) is 24.3 Å². The maximum atomic E-state index is 5.87. The topological polar surface area (TPSA) is 51.4 Å². The quantitative estimate of drug-likeness (QED) is 0.858. The molecule has 0 atom stereocenters. The number of hydrogen-bond acceptors (Lipinski definition) is 4. The van der Waals surface area contributed by atoms with Gasteiger partial charge in [-0.15, -0.1) is 0 Å². The van der Waals surface area contributed by atoms with Crippen molar-refractivity contribution in [2.45, 2.75) is 25.4 Å². The molecule has 0 bridgehead atoms. The van der Waals surface area contributed by atoms with Crippen LogP contribution in [0.5, 0.6) is 0 Å². The number of nitrogens with zero attached hydrogens (tertiary/aromatic N) is 2. The molecule has 1 aromatic heterocycles. The molecule has 112 valence electrons. The molecule has 1 saturated heterocycles. The fourth-order valence-corrected chi connectivity index (χ4v) is 2.92. The third-order valence-electron chi connectivity index (χ3n) is 4.10. The number of aromatic nitrogens is 1. The molecule has 1 aliphatic heterocycles. The van der Waals surface area contributed by atoms with Gasteiger partial charge in [0, 0.05) is 31.3 Å². The van der Waals surface area contributed by atoms with Crippen molar-refractivity contribution in [2.75, 3.05) is 31.1 Å². The molecule has 3 rings (SSSR count). The molecular weight excluding hydrogens is 262 g/mol. The molecule has 0 unspecified atom stereocenters. The summed E-state index contributed by atoms with van der Waals surface area (Å²) in [6.07, 6.45) is 5.36. The highest BCUT2D eigenvalue weighted by Crippen LogP contribution is 2.27. The summed E-state index contributed by atoms with van der Waals surface area (Å²) in [6.45, 7) is 3.51. The molecule has 21 heavy (non-hydrogen) atoms. The molecule has 2 heterocycles. The van der Waals surface area contributed by atoms with Crippen molar-refractivity contribution in [2.24, 2.45) is 5.73 Å². The highest BCUT2D eigenvalue weighted by molar-refractivity contribution is 5.92. The average molecular weight is 285 g/mol. The van der Waals surface area contributed by atoms with Gasteiger partial charge in [0.05, 0.1) is 6.10 Å². The first-order valence-electron chi connectivity index (χ1n) is 7.79. The van der Waals surface area contributed by atoms with Crippen LogP contribution in [0.4, 0.5) is 5.82 Å². The lowest BCUT2D eigenvalue weighted by molar-refractivity contribution is 0.0366. The van der Waals surface area contributed by atoms with E-state index in [0.29, 0.717) is 12.6 Å². The Kier molecular flexibility index (Phi) is 4.68. The Morgan fingerprint density at radius 2 is 2.00 bits per heavy atom. The van der Waals surface area contributed by atoms with E-state index in [-0.39, 0.29) is 0 Å². The van der Waals surface area contributed by atoms with Gasteiger partial charge >= 0.3 is 0 Å². The summed E-state index contributed by atoms with van der Waals surface area (Å²) < 4.78 is 5.87. The van der Waals surface area contributed by atoms with E-state index >= 15 is 0 Å². The Morgan fingerprint density at radius 3 is 2.81 bits per heavy atom. The lowest BCUT2D eigenvalue weighted by atomic mass is 10.1. The van der Waals surface area contributed by atoms with Crippen molar-refractivity contribution in [3.63, 3.8) is 0 Å². The first kappa shape index (κ1) is 14.3. The second kappa shape index (κ2) is 6.87. The number of pyridine rings is 1. The van der Waals surface area contributed by atoms with Crippen LogP contribution in [0.25, 0.3) is 10.8 Å². The van der Waals surface area contributed by atoms with Crippen LogP contribution in [0.1, 0.15) is 19.3 Å². The molecule has 0 radical (unpaired) electrons. The van der Waals surface area contributed by atoms with E-state index in [1.165, 1.54) is 10.8 Å². The van der Waals surface area contributed by atoms with Crippen molar-refractivity contribution < 1.29 is 4.74 Å². The molecular formula is C17H23N3O. The van der Waals surface area contributed by atoms with Gasteiger partial charge in [-0.2, -0.15) is 0 Å². The van der Waals surface area contributed by atoms with Crippen LogP contribution in [0, 0.1) is 0 Å². The standard InChI is InChI=1S/C17H23N3O/c18-9-3-13-21-15-7-11-20(12-8-15)17-16-5-2-1-4-14(16)6-10-19-17/h1-2,4-6,10,15H,3,7-9,11-13,18H2. The second-order valence-electron chi connectivity index (χ2n) is 5.56. The minimum Gasteiger partial charge on any atom is -0.378 e. The number of rotatable bonds is 5. The van der Waals surface area contributed by atoms with E-state index in [4.69, 9.17) is 10.5 Å². The smallest absolute Gasteiger partial charge is 0.136 e. The minimum atomic E-state index is 0.378. The maximum absolute atomic E-state index is 5.87. The molecule has 2 aromatic rings. The van der Waals surface area contributed by atoms with E-state index in [0.717, 1.165) is 44.8 Å². The third kappa shape index (κ3) is 3.34. The highest BCUT2D eigenvalue weighted by atomic mass is 16.5. The van der Waals surface area contributed by atoms with Crippen LogP contribution < -0.4 is 10.6 Å². The van der Waals surface area contributed by atoms with Crippen LogP contribution >= 0.6 is 0 Å². The number of hydrogen-bond donors (Lipinski definition) is 1. The van der Waals surface area contributed by atoms with Crippen molar-refractivity contribution in [1.29, 1.82) is 0 Å². The summed E-state index contributed by atoms with van der Waals surface area (Å²) in [7, 11) is 0. The average Bonchev–Trinajstić information content (AvgIpc) is 2.55. The van der Waals surface area contributed by atoms with E-state index < -0.39 is 0 Å². The summed E-state index contributed by atoms with van der Waals surface area (Å²) in [6, 6.07) is 10.5. The molecule has 1 aliphatic rings. The number of ether oxygens (including phenoxy) is 1. The highest BCUT2D eigenvalue weighted by Gasteiger charge is 2.21. The molecule has 0 saturated carbocycles. The molecule has 0 spiro atoms. The van der Waals surface area contributed by atoms with Crippen LogP contribution in [-0.2, 0) is 4.74 Å². The van der Waals surface area contributed by atoms with Gasteiger partial charge in [0.25, 0.3) is 0 Å². The fourth-order valence-electron chi connectivity index (χ4n) is 2.92. The SMILES string of the molecule is NCCCOC1CCN(c2nccc3ccccc23)CC1. The Balaban J connectivity index is 1.66. The molecule has 2 N–H and O–H groups in total. The second-order valence-corrected chi connectivity index (χ2v) is 5.56. The lowest BCUT2D eigenvalue weighted by Crippen LogP contribution is -2.37. The van der Waals surface area contributed by atoms with Gasteiger partial charge in [-0.3, -0.25) is 0 Å². The third-order valence-corrected chi connectivity index (χ3v) is 4.10. The first-order chi connectivity index (χ1) is 10.4. The number of anilines is 1. The van der Waals surface area contributed by atoms with E-state index in [1.54, 1.807) is 0 Å². The Labute approximate surface area is 125 Å². The maximum Gasteiger partial charge on any atom is 0.136 e. The molecule has 4 heteroatoms. The predicted octanol–water partition coefficient (Wildman–Crippen LogP) is 2.57. The Morgan fingerprint density at radius 1 is 1.19 bits per heavy atom. The van der Waals surface area contributed by atoms with Crippen molar-refractivity contribution in [3.8, 4) is 0 Å². The van der Waals surface area contributed by atoms with Gasteiger partial charge in [0.2, 0.25) is 0 Å². The van der Waals surface area contributed by atoms with Crippen LogP contribution in [0.2, 0.25) is 0 Å². The van der Waals surface area contributed by atoms with Gasteiger partial charge in [-0.25, -0.2) is 4.98 Å². The van der Waals surface area contributed by atoms with Gasteiger partial charge in [0.1, 0.15) is 5.82 Å². The largest absolute Gasteiger partial charge is 0.378 e. The van der Waals surface area contributed by atoms with Crippen molar-refractivity contribution >= 4 is 16.6 Å². The zero-order chi connectivity index (χ0) is 14.5. The summed E-state index contributed by atoms with van der Waals surface area (Å²) in [5.41, 5.74) is 5.50. The van der Waals surface area contributed by atoms with Crippen LogP contribution in [0.3, 0.4) is 0 Å². The van der Waals surface area contributed by atoms with E-state index in [2.05, 4.69) is 40.2 Å².